The third-order valence-electron chi connectivity index (χ3n) is 4.54. The Balaban J connectivity index is 1.55. The molecule has 1 aromatic carbocycles. The van der Waals surface area contributed by atoms with Gasteiger partial charge in [0.05, 0.1) is 18.8 Å². The number of hydrogen-bond donors (Lipinski definition) is 0. The Labute approximate surface area is 141 Å². The minimum atomic E-state index is -0.0242. The first-order chi connectivity index (χ1) is 11.8. The first-order valence-corrected chi connectivity index (χ1v) is 8.37. The SMILES string of the molecule is O=C(c1cnc(N2CCCc3ccccc32)nc1)N1CCOCC1. The number of anilines is 2. The molecule has 0 aliphatic carbocycles. The van der Waals surface area contributed by atoms with Crippen LogP contribution in [0.25, 0.3) is 0 Å². The van der Waals surface area contributed by atoms with E-state index in [-0.39, 0.29) is 5.91 Å². The Kier molecular flexibility index (Phi) is 4.13. The number of morpholine rings is 1. The average Bonchev–Trinajstić information content (AvgIpc) is 2.68. The zero-order valence-corrected chi connectivity index (χ0v) is 13.5. The molecule has 0 saturated carbocycles. The van der Waals surface area contributed by atoms with Crippen LogP contribution in [-0.4, -0.2) is 53.6 Å². The predicted octanol–water partition coefficient (Wildman–Crippen LogP) is 2.03. The first kappa shape index (κ1) is 15.1. The van der Waals surface area contributed by atoms with E-state index in [0.29, 0.717) is 37.8 Å². The molecule has 0 N–H and O–H groups in total. The normalized spacial score (nSPS) is 17.5. The molecule has 0 unspecified atom stereocenters. The fraction of sp³-hybridized carbons (Fsp3) is 0.389. The van der Waals surface area contributed by atoms with E-state index in [4.69, 9.17) is 4.74 Å². The quantitative estimate of drug-likeness (QED) is 0.846. The van der Waals surface area contributed by atoms with Crippen LogP contribution in [0, 0.1) is 0 Å². The lowest BCUT2D eigenvalue weighted by Crippen LogP contribution is -2.40. The van der Waals surface area contributed by atoms with E-state index in [1.807, 2.05) is 6.07 Å². The summed E-state index contributed by atoms with van der Waals surface area (Å²) < 4.78 is 5.29. The number of benzene rings is 1. The molecule has 0 spiro atoms. The lowest BCUT2D eigenvalue weighted by Gasteiger charge is -2.29. The minimum absolute atomic E-state index is 0.0242. The molecule has 2 aromatic rings. The van der Waals surface area contributed by atoms with Crippen molar-refractivity contribution < 1.29 is 9.53 Å². The predicted molar refractivity (Wildman–Crippen MR) is 90.5 cm³/mol. The second-order valence-electron chi connectivity index (χ2n) is 6.06. The molecule has 0 atom stereocenters. The van der Waals surface area contributed by atoms with Gasteiger partial charge in [-0.3, -0.25) is 4.79 Å². The third kappa shape index (κ3) is 2.85. The summed E-state index contributed by atoms with van der Waals surface area (Å²) in [4.78, 5) is 25.3. The van der Waals surface area contributed by atoms with Crippen LogP contribution in [0.5, 0.6) is 0 Å². The Bertz CT molecular complexity index is 726. The van der Waals surface area contributed by atoms with Gasteiger partial charge in [0.15, 0.2) is 0 Å². The van der Waals surface area contributed by atoms with Crippen molar-refractivity contribution in [2.24, 2.45) is 0 Å². The van der Waals surface area contributed by atoms with Crippen LogP contribution in [-0.2, 0) is 11.2 Å². The van der Waals surface area contributed by atoms with Crippen LogP contribution in [0.3, 0.4) is 0 Å². The van der Waals surface area contributed by atoms with E-state index >= 15 is 0 Å². The van der Waals surface area contributed by atoms with Gasteiger partial charge in [-0.25, -0.2) is 9.97 Å². The minimum Gasteiger partial charge on any atom is -0.378 e. The van der Waals surface area contributed by atoms with Crippen molar-refractivity contribution in [3.8, 4) is 0 Å². The van der Waals surface area contributed by atoms with Crippen molar-refractivity contribution in [1.29, 1.82) is 0 Å². The smallest absolute Gasteiger partial charge is 0.257 e. The van der Waals surface area contributed by atoms with Gasteiger partial charge in [-0.15, -0.1) is 0 Å². The molecule has 2 aliphatic heterocycles. The van der Waals surface area contributed by atoms with Crippen LogP contribution in [0.2, 0.25) is 0 Å². The summed E-state index contributed by atoms with van der Waals surface area (Å²) in [6.07, 6.45) is 5.43. The number of aromatic nitrogens is 2. The second-order valence-corrected chi connectivity index (χ2v) is 6.06. The molecule has 4 rings (SSSR count). The highest BCUT2D eigenvalue weighted by Gasteiger charge is 2.22. The van der Waals surface area contributed by atoms with Crippen molar-refractivity contribution in [3.63, 3.8) is 0 Å². The Morgan fingerprint density at radius 2 is 1.79 bits per heavy atom. The van der Waals surface area contributed by atoms with E-state index in [1.165, 1.54) is 5.56 Å². The highest BCUT2D eigenvalue weighted by molar-refractivity contribution is 5.93. The summed E-state index contributed by atoms with van der Waals surface area (Å²) >= 11 is 0. The summed E-state index contributed by atoms with van der Waals surface area (Å²) in [6, 6.07) is 8.35. The average molecular weight is 324 g/mol. The zero-order chi connectivity index (χ0) is 16.4. The van der Waals surface area contributed by atoms with E-state index in [0.717, 1.165) is 25.1 Å². The Morgan fingerprint density at radius 1 is 1.04 bits per heavy atom. The fourth-order valence-corrected chi connectivity index (χ4v) is 3.26. The Morgan fingerprint density at radius 3 is 2.58 bits per heavy atom. The van der Waals surface area contributed by atoms with Crippen LogP contribution in [0.1, 0.15) is 22.3 Å². The number of ether oxygens (including phenoxy) is 1. The van der Waals surface area contributed by atoms with Crippen molar-refractivity contribution in [1.82, 2.24) is 14.9 Å². The van der Waals surface area contributed by atoms with Crippen molar-refractivity contribution in [2.45, 2.75) is 12.8 Å². The van der Waals surface area contributed by atoms with Gasteiger partial charge in [-0.05, 0) is 24.5 Å². The number of carbonyl (C=O) groups is 1. The number of hydrogen-bond acceptors (Lipinski definition) is 5. The van der Waals surface area contributed by atoms with Crippen LogP contribution in [0.15, 0.2) is 36.7 Å². The van der Waals surface area contributed by atoms with Crippen LogP contribution >= 0.6 is 0 Å². The van der Waals surface area contributed by atoms with Crippen molar-refractivity contribution >= 4 is 17.5 Å². The molecule has 6 heteroatoms. The highest BCUT2D eigenvalue weighted by atomic mass is 16.5. The molecule has 1 amide bonds. The molecule has 1 saturated heterocycles. The van der Waals surface area contributed by atoms with Gasteiger partial charge in [0.2, 0.25) is 5.95 Å². The summed E-state index contributed by atoms with van der Waals surface area (Å²) in [5.41, 5.74) is 3.02. The fourth-order valence-electron chi connectivity index (χ4n) is 3.26. The standard InChI is InChI=1S/C18H20N4O2/c23-17(21-8-10-24-11-9-21)15-12-19-18(20-13-15)22-7-3-5-14-4-1-2-6-16(14)22/h1-2,4,6,12-13H,3,5,7-11H2. The van der Waals surface area contributed by atoms with Crippen molar-refractivity contribution in [2.75, 3.05) is 37.7 Å². The zero-order valence-electron chi connectivity index (χ0n) is 13.5. The number of amides is 1. The van der Waals surface area contributed by atoms with E-state index in [2.05, 4.69) is 33.1 Å². The summed E-state index contributed by atoms with van der Waals surface area (Å²) in [5, 5.41) is 0. The summed E-state index contributed by atoms with van der Waals surface area (Å²) in [7, 11) is 0. The molecule has 3 heterocycles. The van der Waals surface area contributed by atoms with E-state index in [1.54, 1.807) is 17.3 Å². The molecule has 24 heavy (non-hydrogen) atoms. The molecule has 6 nitrogen and oxygen atoms in total. The summed E-state index contributed by atoms with van der Waals surface area (Å²) in [6.45, 7) is 3.33. The molecular formula is C18H20N4O2. The Hall–Kier alpha value is -2.47. The highest BCUT2D eigenvalue weighted by Crippen LogP contribution is 2.31. The topological polar surface area (TPSA) is 58.6 Å². The van der Waals surface area contributed by atoms with Crippen LogP contribution < -0.4 is 4.90 Å². The van der Waals surface area contributed by atoms with Gasteiger partial charge >= 0.3 is 0 Å². The van der Waals surface area contributed by atoms with E-state index < -0.39 is 0 Å². The number of aryl methyl sites for hydroxylation is 1. The monoisotopic (exact) mass is 324 g/mol. The van der Waals surface area contributed by atoms with E-state index in [9.17, 15) is 4.79 Å². The number of rotatable bonds is 2. The maximum absolute atomic E-state index is 12.5. The van der Waals surface area contributed by atoms with Gasteiger partial charge in [-0.1, -0.05) is 18.2 Å². The third-order valence-corrected chi connectivity index (χ3v) is 4.54. The lowest BCUT2D eigenvalue weighted by atomic mass is 10.0. The molecule has 0 bridgehead atoms. The number of fused-ring (bicyclic) bond motifs is 1. The number of para-hydroxylation sites is 1. The van der Waals surface area contributed by atoms with Gasteiger partial charge in [0.25, 0.3) is 5.91 Å². The lowest BCUT2D eigenvalue weighted by molar-refractivity contribution is 0.0302. The largest absolute Gasteiger partial charge is 0.378 e. The van der Waals surface area contributed by atoms with Gasteiger partial charge < -0.3 is 14.5 Å². The van der Waals surface area contributed by atoms with Gasteiger partial charge in [-0.2, -0.15) is 0 Å². The maximum Gasteiger partial charge on any atom is 0.257 e. The molecule has 2 aliphatic rings. The van der Waals surface area contributed by atoms with Crippen molar-refractivity contribution in [3.05, 3.63) is 47.8 Å². The molecule has 1 fully saturated rings. The molecule has 1 aromatic heterocycles. The first-order valence-electron chi connectivity index (χ1n) is 8.37. The molecule has 0 radical (unpaired) electrons. The summed E-state index contributed by atoms with van der Waals surface area (Å²) in [5.74, 6) is 0.629. The molecule has 124 valence electrons. The van der Waals surface area contributed by atoms with Gasteiger partial charge in [0, 0.05) is 37.7 Å². The van der Waals surface area contributed by atoms with Crippen LogP contribution in [0.4, 0.5) is 11.6 Å². The van der Waals surface area contributed by atoms with Gasteiger partial charge in [0.1, 0.15) is 0 Å². The number of carbonyl (C=O) groups excluding carboxylic acids is 1. The number of nitrogens with zero attached hydrogens (tertiary/aromatic N) is 4. The molecular weight excluding hydrogens is 304 g/mol. The second kappa shape index (κ2) is 6.57. The maximum atomic E-state index is 12.5.